The van der Waals surface area contributed by atoms with Crippen LogP contribution in [0.4, 0.5) is 0 Å². The minimum Gasteiger partial charge on any atom is -0.545 e. The van der Waals surface area contributed by atoms with Gasteiger partial charge < -0.3 is 33.3 Å². The molecule has 0 aromatic rings. The number of nitrogens with zero attached hydrogens (tertiary/aromatic N) is 1. The van der Waals surface area contributed by atoms with Crippen LogP contribution in [0.5, 0.6) is 0 Å². The van der Waals surface area contributed by atoms with Crippen LogP contribution in [0.15, 0.2) is 48.6 Å². The molecule has 390 valence electrons. The molecule has 9 nitrogen and oxygen atoms in total. The van der Waals surface area contributed by atoms with Crippen molar-refractivity contribution in [3.8, 4) is 0 Å². The lowest BCUT2D eigenvalue weighted by Gasteiger charge is -2.26. The molecule has 0 N–H and O–H groups in total. The molecule has 0 heterocycles. The third kappa shape index (κ3) is 50.9. The first-order valence-corrected chi connectivity index (χ1v) is 27.8. The Labute approximate surface area is 412 Å². The van der Waals surface area contributed by atoms with Crippen molar-refractivity contribution in [3.63, 3.8) is 0 Å². The molecule has 0 aromatic carbocycles. The highest BCUT2D eigenvalue weighted by molar-refractivity contribution is 5.70. The number of likely N-dealkylation sites (N-methyl/N-ethyl adjacent to an activating group) is 1. The van der Waals surface area contributed by atoms with E-state index in [1.165, 1.54) is 141 Å². The molecule has 0 saturated carbocycles. The van der Waals surface area contributed by atoms with E-state index in [0.29, 0.717) is 17.4 Å². The summed E-state index contributed by atoms with van der Waals surface area (Å²) in [6.45, 7) is 4.69. The molecule has 0 aliphatic rings. The van der Waals surface area contributed by atoms with Crippen molar-refractivity contribution in [2.75, 3.05) is 47.5 Å². The van der Waals surface area contributed by atoms with E-state index in [2.05, 4.69) is 62.5 Å². The minimum atomic E-state index is -1.62. The van der Waals surface area contributed by atoms with E-state index in [4.69, 9.17) is 18.9 Å². The Kier molecular flexibility index (Phi) is 47.6. The summed E-state index contributed by atoms with van der Waals surface area (Å²) in [6.07, 6.45) is 57.4. The predicted octanol–water partition coefficient (Wildman–Crippen LogP) is 14.6. The fourth-order valence-corrected chi connectivity index (χ4v) is 7.70. The number of allylic oxidation sites excluding steroid dienone is 8. The number of carbonyl (C=O) groups excluding carboxylic acids is 3. The molecule has 0 spiro atoms. The second-order valence-electron chi connectivity index (χ2n) is 19.9. The number of unbranched alkanes of at least 4 members (excludes halogenated alkanes) is 28. The van der Waals surface area contributed by atoms with Crippen molar-refractivity contribution < 1.29 is 42.9 Å². The molecule has 2 atom stereocenters. The van der Waals surface area contributed by atoms with E-state index >= 15 is 0 Å². The largest absolute Gasteiger partial charge is 0.545 e. The quantitative estimate of drug-likeness (QED) is 0.0195. The molecule has 0 saturated heterocycles. The monoisotopic (exact) mass is 944 g/mol. The van der Waals surface area contributed by atoms with Crippen molar-refractivity contribution in [2.24, 2.45) is 0 Å². The van der Waals surface area contributed by atoms with Gasteiger partial charge in [0, 0.05) is 12.8 Å². The molecular weight excluding hydrogens is 839 g/mol. The van der Waals surface area contributed by atoms with Crippen LogP contribution in [0.25, 0.3) is 0 Å². The van der Waals surface area contributed by atoms with Gasteiger partial charge in [0.1, 0.15) is 13.2 Å². The Balaban J connectivity index is 4.10. The van der Waals surface area contributed by atoms with Crippen molar-refractivity contribution >= 4 is 17.9 Å². The average Bonchev–Trinajstić information content (AvgIpc) is 3.29. The van der Waals surface area contributed by atoms with E-state index in [1.54, 1.807) is 0 Å². The van der Waals surface area contributed by atoms with E-state index in [-0.39, 0.29) is 38.6 Å². The molecule has 2 unspecified atom stereocenters. The Morgan fingerprint density at radius 1 is 0.448 bits per heavy atom. The van der Waals surface area contributed by atoms with Gasteiger partial charge in [-0.25, -0.2) is 0 Å². The lowest BCUT2D eigenvalue weighted by Crippen LogP contribution is -2.44. The van der Waals surface area contributed by atoms with Crippen molar-refractivity contribution in [1.82, 2.24) is 0 Å². The number of esters is 2. The van der Waals surface area contributed by atoms with Crippen LogP contribution in [-0.4, -0.2) is 82.3 Å². The number of aliphatic carboxylic acids is 1. The summed E-state index contributed by atoms with van der Waals surface area (Å²) in [7, 11) is 5.91. The molecule has 0 bridgehead atoms. The molecule has 0 aliphatic heterocycles. The molecule has 67 heavy (non-hydrogen) atoms. The van der Waals surface area contributed by atoms with Gasteiger partial charge in [-0.05, 0) is 70.6 Å². The first-order valence-electron chi connectivity index (χ1n) is 27.8. The highest BCUT2D eigenvalue weighted by Crippen LogP contribution is 2.16. The third-order valence-corrected chi connectivity index (χ3v) is 12.0. The lowest BCUT2D eigenvalue weighted by atomic mass is 10.0. The van der Waals surface area contributed by atoms with Crippen molar-refractivity contribution in [2.45, 2.75) is 257 Å². The maximum Gasteiger partial charge on any atom is 0.306 e. The molecule has 0 aliphatic carbocycles. The second kappa shape index (κ2) is 49.7. The van der Waals surface area contributed by atoms with Gasteiger partial charge in [-0.2, -0.15) is 0 Å². The van der Waals surface area contributed by atoms with Gasteiger partial charge in [0.2, 0.25) is 0 Å². The van der Waals surface area contributed by atoms with Gasteiger partial charge in [-0.3, -0.25) is 9.59 Å². The highest BCUT2D eigenvalue weighted by Gasteiger charge is 2.22. The van der Waals surface area contributed by atoms with Crippen LogP contribution in [-0.2, 0) is 33.3 Å². The Bertz CT molecular complexity index is 1240. The van der Waals surface area contributed by atoms with Gasteiger partial charge in [-0.15, -0.1) is 0 Å². The van der Waals surface area contributed by atoms with Gasteiger partial charge in [-0.1, -0.05) is 210 Å². The maximum atomic E-state index is 12.8. The Morgan fingerprint density at radius 3 is 1.25 bits per heavy atom. The van der Waals surface area contributed by atoms with E-state index in [9.17, 15) is 19.5 Å². The zero-order chi connectivity index (χ0) is 49.2. The summed E-state index contributed by atoms with van der Waals surface area (Å²) in [4.78, 5) is 37.1. The van der Waals surface area contributed by atoms with Crippen molar-refractivity contribution in [3.05, 3.63) is 48.6 Å². The maximum absolute atomic E-state index is 12.8. The number of carboxylic acid groups (broad SMARTS) is 1. The highest BCUT2D eigenvalue weighted by atomic mass is 16.7. The first-order chi connectivity index (χ1) is 32.6. The number of hydrogen-bond acceptors (Lipinski definition) is 8. The molecule has 0 aromatic heterocycles. The van der Waals surface area contributed by atoms with Gasteiger partial charge in [0.25, 0.3) is 0 Å². The van der Waals surface area contributed by atoms with Crippen LogP contribution in [0.2, 0.25) is 0 Å². The zero-order valence-electron chi connectivity index (χ0n) is 44.3. The number of hydrogen-bond donors (Lipinski definition) is 0. The number of quaternary nitrogens is 1. The molecule has 0 amide bonds. The zero-order valence-corrected chi connectivity index (χ0v) is 44.3. The van der Waals surface area contributed by atoms with Crippen LogP contribution in [0.1, 0.15) is 245 Å². The summed E-state index contributed by atoms with van der Waals surface area (Å²) in [5.74, 6) is -2.29. The third-order valence-electron chi connectivity index (χ3n) is 12.0. The van der Waals surface area contributed by atoms with E-state index in [1.807, 2.05) is 21.1 Å². The summed E-state index contributed by atoms with van der Waals surface area (Å²) in [5, 5.41) is 11.7. The van der Waals surface area contributed by atoms with Crippen LogP contribution >= 0.6 is 0 Å². The van der Waals surface area contributed by atoms with Crippen molar-refractivity contribution in [1.29, 1.82) is 0 Å². The van der Waals surface area contributed by atoms with Crippen LogP contribution in [0.3, 0.4) is 0 Å². The fraction of sp³-hybridized carbons (Fsp3) is 0.810. The van der Waals surface area contributed by atoms with E-state index < -0.39 is 24.3 Å². The molecule has 0 fully saturated rings. The van der Waals surface area contributed by atoms with Crippen LogP contribution in [0, 0.1) is 0 Å². The second-order valence-corrected chi connectivity index (χ2v) is 19.9. The molecule has 0 radical (unpaired) electrons. The number of carbonyl (C=O) groups is 3. The Hall–Kier alpha value is -2.75. The topological polar surface area (TPSA) is 111 Å². The first kappa shape index (κ1) is 64.2. The molecular formula is C58H105NO8. The summed E-state index contributed by atoms with van der Waals surface area (Å²) in [5.41, 5.74) is 0. The molecule has 0 rings (SSSR count). The minimum absolute atomic E-state index is 0.146. The number of rotatable bonds is 51. The average molecular weight is 944 g/mol. The van der Waals surface area contributed by atoms with Crippen LogP contribution < -0.4 is 5.11 Å². The fourth-order valence-electron chi connectivity index (χ4n) is 7.70. The SMILES string of the molecule is CCCC/C=C\CCCCCCCC(=O)OCC(COC(OCC[N+](C)(C)C)C(=O)[O-])OC(=O)CCCCCCCCCCCCCCCCCC/C=C\C/C=C\C/C=C\CCCCCCC. The number of carboxylic acids is 1. The van der Waals surface area contributed by atoms with E-state index in [0.717, 1.165) is 70.6 Å². The number of ether oxygens (including phenoxy) is 4. The normalized spacial score (nSPS) is 13.1. The lowest BCUT2D eigenvalue weighted by molar-refractivity contribution is -0.870. The summed E-state index contributed by atoms with van der Waals surface area (Å²) < 4.78 is 22.6. The summed E-state index contributed by atoms with van der Waals surface area (Å²) in [6, 6.07) is 0. The van der Waals surface area contributed by atoms with Gasteiger partial charge in [0.05, 0.1) is 40.3 Å². The van der Waals surface area contributed by atoms with Gasteiger partial charge >= 0.3 is 11.9 Å². The predicted molar refractivity (Wildman–Crippen MR) is 279 cm³/mol. The van der Waals surface area contributed by atoms with Gasteiger partial charge in [0.15, 0.2) is 12.4 Å². The summed E-state index contributed by atoms with van der Waals surface area (Å²) >= 11 is 0. The smallest absolute Gasteiger partial charge is 0.306 e. The molecule has 9 heteroatoms. The Morgan fingerprint density at radius 2 is 0.821 bits per heavy atom. The standard InChI is InChI=1S/C58H105NO8/c1-6-8-10-12-14-16-18-19-20-21-22-23-24-25-26-27-28-29-30-31-32-33-34-35-36-37-39-41-43-45-47-49-56(61)67-54(53-66-58(57(62)63)64-51-50-59(3,4)5)52-65-55(60)48-46-44-42-40-38-17-15-13-11-9-7-2/h13,15,18-19,21-22,24-25,54,58H,6-12,14,16-17,20,23,26-53H2,1-5H3/b15-13-,19-18-,22-21-,25-24-.